The summed E-state index contributed by atoms with van der Waals surface area (Å²) >= 11 is 6.86. The molecule has 0 aliphatic heterocycles. The number of benzene rings is 2. The average Bonchev–Trinajstić information content (AvgIpc) is 2.99. The highest BCUT2D eigenvalue weighted by Gasteiger charge is 2.31. The van der Waals surface area contributed by atoms with E-state index in [0.717, 1.165) is 29.0 Å². The maximum atomic E-state index is 12.8. The minimum absolute atomic E-state index is 0.0605. The molecule has 0 aliphatic rings. The van der Waals surface area contributed by atoms with Gasteiger partial charge in [0.05, 0.1) is 15.8 Å². The van der Waals surface area contributed by atoms with Crippen molar-refractivity contribution in [3.05, 3.63) is 69.4 Å². The quantitative estimate of drug-likeness (QED) is 0.437. The van der Waals surface area contributed by atoms with E-state index < -0.39 is 11.7 Å². The lowest BCUT2D eigenvalue weighted by molar-refractivity contribution is -0.137. The molecule has 0 radical (unpaired) electrons. The van der Waals surface area contributed by atoms with Crippen LogP contribution in [-0.2, 0) is 12.6 Å². The molecule has 3 rings (SSSR count). The van der Waals surface area contributed by atoms with Crippen molar-refractivity contribution in [1.29, 1.82) is 5.26 Å². The second kappa shape index (κ2) is 6.98. The number of nitrogens with zero attached hydrogens (tertiary/aromatic N) is 2. The van der Waals surface area contributed by atoms with Crippen molar-refractivity contribution < 1.29 is 18.3 Å². The Morgan fingerprint density at radius 3 is 2.50 bits per heavy atom. The lowest BCUT2D eigenvalue weighted by atomic mass is 10.1. The third-order valence-electron chi connectivity index (χ3n) is 3.61. The Hall–Kier alpha value is -2.56. The van der Waals surface area contributed by atoms with Gasteiger partial charge >= 0.3 is 6.18 Å². The van der Waals surface area contributed by atoms with Crippen molar-refractivity contribution in [2.45, 2.75) is 12.6 Å². The summed E-state index contributed by atoms with van der Waals surface area (Å²) in [4.78, 5) is 4.09. The largest absolute Gasteiger partial charge is 0.510 e. The molecule has 3 nitrogen and oxygen atoms in total. The number of hydrogen-bond acceptors (Lipinski definition) is 4. The first kappa shape index (κ1) is 18.2. The highest BCUT2D eigenvalue weighted by Crippen LogP contribution is 2.34. The van der Waals surface area contributed by atoms with Crippen LogP contribution in [0.2, 0.25) is 5.02 Å². The summed E-state index contributed by atoms with van der Waals surface area (Å²) < 4.78 is 38.9. The van der Waals surface area contributed by atoms with Crippen molar-refractivity contribution >= 4 is 38.7 Å². The average molecular weight is 395 g/mol. The standard InChI is InChI=1S/C18H10ClF3N2OS/c19-12-4-1-10(2-5-12)7-15(25)13(9-23)17-24-14-8-11(18(20,21)22)3-6-16(14)26-17/h1-6,8,25H,7H2. The van der Waals surface area contributed by atoms with Crippen LogP contribution in [0.3, 0.4) is 0 Å². The van der Waals surface area contributed by atoms with Gasteiger partial charge < -0.3 is 5.11 Å². The number of aromatic nitrogens is 1. The fourth-order valence-electron chi connectivity index (χ4n) is 2.33. The molecule has 0 saturated carbocycles. The zero-order valence-electron chi connectivity index (χ0n) is 13.0. The molecular weight excluding hydrogens is 385 g/mol. The van der Waals surface area contributed by atoms with Gasteiger partial charge in [0.15, 0.2) is 0 Å². The molecule has 0 fully saturated rings. The maximum absolute atomic E-state index is 12.8. The lowest BCUT2D eigenvalue weighted by Gasteiger charge is -2.04. The van der Waals surface area contributed by atoms with Crippen molar-refractivity contribution in [3.63, 3.8) is 0 Å². The van der Waals surface area contributed by atoms with Crippen molar-refractivity contribution in [1.82, 2.24) is 4.98 Å². The van der Waals surface area contributed by atoms with Gasteiger partial charge in [-0.05, 0) is 35.9 Å². The summed E-state index contributed by atoms with van der Waals surface area (Å²) in [6, 6.07) is 11.8. The van der Waals surface area contributed by atoms with Crippen LogP contribution in [0, 0.1) is 11.3 Å². The van der Waals surface area contributed by atoms with Crippen LogP contribution in [0.5, 0.6) is 0 Å². The smallest absolute Gasteiger partial charge is 0.416 e. The van der Waals surface area contributed by atoms with E-state index in [1.807, 2.05) is 6.07 Å². The number of aliphatic hydroxyl groups is 1. The number of aliphatic hydroxyl groups excluding tert-OH is 1. The molecule has 0 bridgehead atoms. The summed E-state index contributed by atoms with van der Waals surface area (Å²) in [6.07, 6.45) is -4.38. The van der Waals surface area contributed by atoms with Crippen LogP contribution >= 0.6 is 22.9 Å². The fourth-order valence-corrected chi connectivity index (χ4v) is 3.42. The van der Waals surface area contributed by atoms with E-state index in [1.165, 1.54) is 6.07 Å². The molecule has 1 N–H and O–H groups in total. The van der Waals surface area contributed by atoms with Crippen LogP contribution in [0.4, 0.5) is 13.2 Å². The van der Waals surface area contributed by atoms with Crippen molar-refractivity contribution in [2.24, 2.45) is 0 Å². The summed E-state index contributed by atoms with van der Waals surface area (Å²) in [7, 11) is 0. The Bertz CT molecular complexity index is 1030. The van der Waals surface area contributed by atoms with E-state index in [9.17, 15) is 23.5 Å². The summed E-state index contributed by atoms with van der Waals surface area (Å²) in [6.45, 7) is 0. The second-order valence-electron chi connectivity index (χ2n) is 5.44. The molecule has 132 valence electrons. The number of rotatable bonds is 3. The third-order valence-corrected chi connectivity index (χ3v) is 4.92. The second-order valence-corrected chi connectivity index (χ2v) is 6.90. The minimum atomic E-state index is -4.47. The van der Waals surface area contributed by atoms with Gasteiger partial charge in [0, 0.05) is 11.4 Å². The SMILES string of the molecule is N#CC(=C(O)Cc1ccc(Cl)cc1)c1nc2cc(C(F)(F)F)ccc2s1. The molecule has 2 aromatic carbocycles. The normalized spacial score (nSPS) is 12.7. The molecule has 0 saturated heterocycles. The van der Waals surface area contributed by atoms with Gasteiger partial charge in [0.2, 0.25) is 0 Å². The van der Waals surface area contributed by atoms with Gasteiger partial charge in [0.1, 0.15) is 22.4 Å². The van der Waals surface area contributed by atoms with Gasteiger partial charge in [-0.15, -0.1) is 11.3 Å². The van der Waals surface area contributed by atoms with E-state index in [0.29, 0.717) is 9.72 Å². The molecule has 8 heteroatoms. The number of hydrogen-bond donors (Lipinski definition) is 1. The van der Waals surface area contributed by atoms with E-state index in [2.05, 4.69) is 4.98 Å². The van der Waals surface area contributed by atoms with Gasteiger partial charge in [-0.25, -0.2) is 4.98 Å². The summed E-state index contributed by atoms with van der Waals surface area (Å²) in [5, 5.41) is 20.4. The fraction of sp³-hybridized carbons (Fsp3) is 0.111. The topological polar surface area (TPSA) is 56.9 Å². The van der Waals surface area contributed by atoms with Crippen LogP contribution in [-0.4, -0.2) is 10.1 Å². The Morgan fingerprint density at radius 1 is 1.19 bits per heavy atom. The first-order chi connectivity index (χ1) is 12.3. The molecule has 1 aromatic heterocycles. The summed E-state index contributed by atoms with van der Waals surface area (Å²) in [5.74, 6) is -0.204. The summed E-state index contributed by atoms with van der Waals surface area (Å²) in [5.41, 5.74) is -0.00332. The van der Waals surface area contributed by atoms with Gasteiger partial charge in [-0.3, -0.25) is 0 Å². The highest BCUT2D eigenvalue weighted by molar-refractivity contribution is 7.19. The first-order valence-electron chi connectivity index (χ1n) is 7.33. The molecule has 0 spiro atoms. The third kappa shape index (κ3) is 3.82. The first-order valence-corrected chi connectivity index (χ1v) is 8.52. The van der Waals surface area contributed by atoms with Crippen molar-refractivity contribution in [2.75, 3.05) is 0 Å². The molecule has 0 unspecified atom stereocenters. The van der Waals surface area contributed by atoms with E-state index >= 15 is 0 Å². The predicted molar refractivity (Wildman–Crippen MR) is 94.9 cm³/mol. The molecule has 26 heavy (non-hydrogen) atoms. The van der Waals surface area contributed by atoms with Crippen LogP contribution in [0.1, 0.15) is 16.1 Å². The van der Waals surface area contributed by atoms with Crippen LogP contribution in [0.15, 0.2) is 48.2 Å². The Labute approximate surface area is 155 Å². The predicted octanol–water partition coefficient (Wildman–Crippen LogP) is 6.00. The highest BCUT2D eigenvalue weighted by atomic mass is 35.5. The molecule has 0 aliphatic carbocycles. The van der Waals surface area contributed by atoms with Crippen molar-refractivity contribution in [3.8, 4) is 6.07 Å². The molecular formula is C18H10ClF3N2OS. The van der Waals surface area contributed by atoms with Gasteiger partial charge in [-0.2, -0.15) is 18.4 Å². The number of nitriles is 1. The van der Waals surface area contributed by atoms with E-state index in [4.69, 9.17) is 11.6 Å². The number of thiazole rings is 1. The lowest BCUT2D eigenvalue weighted by Crippen LogP contribution is -2.03. The van der Waals surface area contributed by atoms with E-state index in [-0.39, 0.29) is 28.3 Å². The maximum Gasteiger partial charge on any atom is 0.416 e. The van der Waals surface area contributed by atoms with E-state index in [1.54, 1.807) is 24.3 Å². The Kier molecular flexibility index (Phi) is 4.90. The Balaban J connectivity index is 1.99. The number of halogens is 4. The molecule has 0 atom stereocenters. The number of alkyl halides is 3. The minimum Gasteiger partial charge on any atom is -0.510 e. The Morgan fingerprint density at radius 2 is 1.88 bits per heavy atom. The molecule has 0 amide bonds. The zero-order chi connectivity index (χ0) is 18.9. The molecule has 1 heterocycles. The number of fused-ring (bicyclic) bond motifs is 1. The van der Waals surface area contributed by atoms with Crippen LogP contribution in [0.25, 0.3) is 15.8 Å². The molecule has 3 aromatic rings. The van der Waals surface area contributed by atoms with Gasteiger partial charge in [-0.1, -0.05) is 23.7 Å². The van der Waals surface area contributed by atoms with Gasteiger partial charge in [0.25, 0.3) is 0 Å². The monoisotopic (exact) mass is 394 g/mol. The zero-order valence-corrected chi connectivity index (χ0v) is 14.6. The number of allylic oxidation sites excluding steroid dienone is 2. The van der Waals surface area contributed by atoms with Crippen LogP contribution < -0.4 is 0 Å².